The van der Waals surface area contributed by atoms with Crippen molar-refractivity contribution in [2.75, 3.05) is 0 Å². The molecule has 0 saturated heterocycles. The van der Waals surface area contributed by atoms with Crippen molar-refractivity contribution in [2.24, 2.45) is 0 Å². The molecule has 154 valence electrons. The third-order valence-corrected chi connectivity index (χ3v) is 5.57. The molecule has 1 saturated carbocycles. The maximum atomic E-state index is 13.5. The van der Waals surface area contributed by atoms with Gasteiger partial charge in [-0.25, -0.2) is 0 Å². The molecule has 0 radical (unpaired) electrons. The van der Waals surface area contributed by atoms with Gasteiger partial charge in [-0.15, -0.1) is 0 Å². The number of nitrogens with one attached hydrogen (secondary N) is 1. The molecule has 1 aliphatic rings. The molecular formula is C25H26N2O3. The smallest absolute Gasteiger partial charge is 0.290 e. The molecule has 1 unspecified atom stereocenters. The molecule has 2 aromatic carbocycles. The molecule has 1 aromatic heterocycles. The van der Waals surface area contributed by atoms with Crippen molar-refractivity contribution in [1.82, 2.24) is 10.2 Å². The predicted molar refractivity (Wildman–Crippen MR) is 115 cm³/mol. The van der Waals surface area contributed by atoms with Crippen LogP contribution in [0, 0.1) is 0 Å². The van der Waals surface area contributed by atoms with Crippen molar-refractivity contribution in [3.05, 3.63) is 95.9 Å². The van der Waals surface area contributed by atoms with Crippen molar-refractivity contribution in [3.63, 3.8) is 0 Å². The minimum atomic E-state index is -0.746. The van der Waals surface area contributed by atoms with E-state index in [1.165, 1.54) is 6.26 Å². The van der Waals surface area contributed by atoms with Gasteiger partial charge in [0, 0.05) is 12.6 Å². The summed E-state index contributed by atoms with van der Waals surface area (Å²) in [4.78, 5) is 28.5. The fraction of sp³-hybridized carbons (Fsp3) is 0.280. The lowest BCUT2D eigenvalue weighted by Crippen LogP contribution is -2.45. The lowest BCUT2D eigenvalue weighted by atomic mass is 10.0. The van der Waals surface area contributed by atoms with Gasteiger partial charge in [0.1, 0.15) is 6.04 Å². The Morgan fingerprint density at radius 1 is 0.933 bits per heavy atom. The maximum Gasteiger partial charge on any atom is 0.290 e. The van der Waals surface area contributed by atoms with Crippen LogP contribution in [-0.2, 0) is 11.3 Å². The fourth-order valence-corrected chi connectivity index (χ4v) is 4.06. The molecule has 5 nitrogen and oxygen atoms in total. The van der Waals surface area contributed by atoms with E-state index in [2.05, 4.69) is 5.32 Å². The summed E-state index contributed by atoms with van der Waals surface area (Å²) >= 11 is 0. The van der Waals surface area contributed by atoms with Crippen molar-refractivity contribution >= 4 is 11.8 Å². The minimum absolute atomic E-state index is 0.149. The Hall–Kier alpha value is -3.34. The highest BCUT2D eigenvalue weighted by atomic mass is 16.3. The molecular weight excluding hydrogens is 376 g/mol. The summed E-state index contributed by atoms with van der Waals surface area (Å²) in [5, 5.41) is 3.18. The van der Waals surface area contributed by atoms with Crippen LogP contribution in [-0.4, -0.2) is 22.8 Å². The number of carbonyl (C=O) groups is 2. The molecule has 1 aliphatic carbocycles. The van der Waals surface area contributed by atoms with E-state index in [1.54, 1.807) is 17.0 Å². The van der Waals surface area contributed by atoms with Crippen LogP contribution in [0.5, 0.6) is 0 Å². The fourth-order valence-electron chi connectivity index (χ4n) is 4.06. The van der Waals surface area contributed by atoms with Gasteiger partial charge in [-0.3, -0.25) is 9.59 Å². The summed E-state index contributed by atoms with van der Waals surface area (Å²) in [5.41, 5.74) is 1.73. The number of furan rings is 1. The molecule has 0 aliphatic heterocycles. The number of nitrogens with zero attached hydrogens (tertiary/aromatic N) is 1. The zero-order valence-corrected chi connectivity index (χ0v) is 16.9. The van der Waals surface area contributed by atoms with Crippen LogP contribution in [0.2, 0.25) is 0 Å². The lowest BCUT2D eigenvalue weighted by Gasteiger charge is -2.32. The van der Waals surface area contributed by atoms with Gasteiger partial charge in [-0.1, -0.05) is 73.5 Å². The second kappa shape index (κ2) is 9.44. The van der Waals surface area contributed by atoms with E-state index in [0.29, 0.717) is 6.54 Å². The second-order valence-corrected chi connectivity index (χ2v) is 7.70. The lowest BCUT2D eigenvalue weighted by molar-refractivity contribution is -0.126. The summed E-state index contributed by atoms with van der Waals surface area (Å²) in [6, 6.07) is 21.9. The first kappa shape index (κ1) is 20.0. The van der Waals surface area contributed by atoms with Crippen molar-refractivity contribution in [1.29, 1.82) is 0 Å². The Morgan fingerprint density at radius 3 is 2.23 bits per heavy atom. The Kier molecular flexibility index (Phi) is 6.28. The van der Waals surface area contributed by atoms with E-state index >= 15 is 0 Å². The van der Waals surface area contributed by atoms with Crippen LogP contribution in [0.25, 0.3) is 0 Å². The van der Waals surface area contributed by atoms with Crippen molar-refractivity contribution < 1.29 is 14.0 Å². The van der Waals surface area contributed by atoms with E-state index in [1.807, 2.05) is 60.7 Å². The first-order valence-electron chi connectivity index (χ1n) is 10.5. The Balaban J connectivity index is 1.71. The maximum absolute atomic E-state index is 13.5. The number of benzene rings is 2. The first-order chi connectivity index (χ1) is 14.7. The van der Waals surface area contributed by atoms with E-state index in [0.717, 1.165) is 36.8 Å². The summed E-state index contributed by atoms with van der Waals surface area (Å²) < 4.78 is 5.39. The van der Waals surface area contributed by atoms with Gasteiger partial charge in [0.05, 0.1) is 6.26 Å². The van der Waals surface area contributed by atoms with E-state index in [4.69, 9.17) is 4.42 Å². The monoisotopic (exact) mass is 402 g/mol. The number of hydrogen-bond acceptors (Lipinski definition) is 3. The third-order valence-electron chi connectivity index (χ3n) is 5.57. The van der Waals surface area contributed by atoms with E-state index < -0.39 is 6.04 Å². The quantitative estimate of drug-likeness (QED) is 0.622. The van der Waals surface area contributed by atoms with Gasteiger partial charge in [-0.05, 0) is 36.1 Å². The highest BCUT2D eigenvalue weighted by Gasteiger charge is 2.34. The second-order valence-electron chi connectivity index (χ2n) is 7.70. The van der Waals surface area contributed by atoms with Gasteiger partial charge in [0.15, 0.2) is 5.76 Å². The Bertz CT molecular complexity index is 949. The van der Waals surface area contributed by atoms with Gasteiger partial charge in [0.25, 0.3) is 5.91 Å². The molecule has 30 heavy (non-hydrogen) atoms. The molecule has 1 fully saturated rings. The molecule has 2 amide bonds. The summed E-state index contributed by atoms with van der Waals surface area (Å²) in [6.45, 7) is 0.304. The van der Waals surface area contributed by atoms with Crippen molar-refractivity contribution in [3.8, 4) is 0 Å². The van der Waals surface area contributed by atoms with Crippen molar-refractivity contribution in [2.45, 2.75) is 44.3 Å². The minimum Gasteiger partial charge on any atom is -0.459 e. The zero-order chi connectivity index (χ0) is 20.8. The van der Waals surface area contributed by atoms with E-state index in [-0.39, 0.29) is 23.6 Å². The number of amides is 2. The van der Waals surface area contributed by atoms with Crippen LogP contribution in [0.15, 0.2) is 83.5 Å². The number of rotatable bonds is 7. The van der Waals surface area contributed by atoms with Crippen LogP contribution < -0.4 is 5.32 Å². The molecule has 4 rings (SSSR count). The topological polar surface area (TPSA) is 62.6 Å². The van der Waals surface area contributed by atoms with E-state index in [9.17, 15) is 9.59 Å². The highest BCUT2D eigenvalue weighted by molar-refractivity contribution is 5.96. The average molecular weight is 402 g/mol. The van der Waals surface area contributed by atoms with Gasteiger partial charge >= 0.3 is 0 Å². The van der Waals surface area contributed by atoms with Crippen LogP contribution in [0.4, 0.5) is 0 Å². The standard InChI is InChI=1S/C25H26N2O3/c28-24(26-21-14-7-8-15-21)23(20-12-5-2-6-13-20)27(18-19-10-3-1-4-11-19)25(29)22-16-9-17-30-22/h1-6,9-13,16-17,21,23H,7-8,14-15,18H2,(H,26,28). The largest absolute Gasteiger partial charge is 0.459 e. The van der Waals surface area contributed by atoms with Gasteiger partial charge in [-0.2, -0.15) is 0 Å². The van der Waals surface area contributed by atoms with Crippen LogP contribution in [0.1, 0.15) is 53.4 Å². The molecule has 1 atom stereocenters. The van der Waals surface area contributed by atoms with Crippen LogP contribution in [0.3, 0.4) is 0 Å². The SMILES string of the molecule is O=C(NC1CCCC1)C(c1ccccc1)N(Cc1ccccc1)C(=O)c1ccco1. The number of hydrogen-bond donors (Lipinski definition) is 1. The highest BCUT2D eigenvalue weighted by Crippen LogP contribution is 2.27. The molecule has 1 heterocycles. The van der Waals surface area contributed by atoms with Gasteiger partial charge < -0.3 is 14.6 Å². The zero-order valence-electron chi connectivity index (χ0n) is 16.9. The summed E-state index contributed by atoms with van der Waals surface area (Å²) in [5.74, 6) is -0.233. The Labute approximate surface area is 176 Å². The first-order valence-corrected chi connectivity index (χ1v) is 10.5. The van der Waals surface area contributed by atoms with Gasteiger partial charge in [0.2, 0.25) is 5.91 Å². The summed E-state index contributed by atoms with van der Waals surface area (Å²) in [6.07, 6.45) is 5.69. The average Bonchev–Trinajstić information content (AvgIpc) is 3.49. The summed E-state index contributed by atoms with van der Waals surface area (Å²) in [7, 11) is 0. The third kappa shape index (κ3) is 4.62. The predicted octanol–water partition coefficient (Wildman–Crippen LogP) is 4.72. The molecule has 0 bridgehead atoms. The molecule has 3 aromatic rings. The normalized spacial score (nSPS) is 14.9. The molecule has 1 N–H and O–H groups in total. The molecule has 5 heteroatoms. The Morgan fingerprint density at radius 2 is 1.60 bits per heavy atom. The molecule has 0 spiro atoms. The number of carbonyl (C=O) groups excluding carboxylic acids is 2. The van der Waals surface area contributed by atoms with Crippen LogP contribution >= 0.6 is 0 Å².